The summed E-state index contributed by atoms with van der Waals surface area (Å²) >= 11 is 0. The van der Waals surface area contributed by atoms with Crippen LogP contribution in [-0.4, -0.2) is 17.5 Å². The van der Waals surface area contributed by atoms with Gasteiger partial charge in [-0.1, -0.05) is 30.3 Å². The van der Waals surface area contributed by atoms with E-state index in [2.05, 4.69) is 10.3 Å². The lowest BCUT2D eigenvalue weighted by Crippen LogP contribution is -2.20. The van der Waals surface area contributed by atoms with E-state index >= 15 is 0 Å². The summed E-state index contributed by atoms with van der Waals surface area (Å²) in [5.41, 5.74) is 1.59. The molecule has 0 saturated carbocycles. The molecule has 5 heteroatoms. The zero-order valence-corrected chi connectivity index (χ0v) is 12.2. The molecule has 0 atom stereocenters. The van der Waals surface area contributed by atoms with E-state index in [0.717, 1.165) is 5.39 Å². The molecule has 0 unspecified atom stereocenters. The number of ether oxygens (including phenoxy) is 1. The molecule has 0 bridgehead atoms. The molecule has 0 aliphatic heterocycles. The third-order valence-electron chi connectivity index (χ3n) is 3.28. The molecule has 0 saturated heterocycles. The highest BCUT2D eigenvalue weighted by atomic mass is 16.5. The van der Waals surface area contributed by atoms with Gasteiger partial charge in [0.05, 0.1) is 11.3 Å². The molecule has 0 aliphatic rings. The minimum atomic E-state index is -0.333. The summed E-state index contributed by atoms with van der Waals surface area (Å²) in [6.07, 6.45) is 1.68. The van der Waals surface area contributed by atoms with Gasteiger partial charge in [-0.3, -0.25) is 9.78 Å². The second-order valence-electron chi connectivity index (χ2n) is 4.83. The summed E-state index contributed by atoms with van der Waals surface area (Å²) in [5.74, 6) is 0.215. The van der Waals surface area contributed by atoms with Crippen LogP contribution in [0, 0.1) is 11.3 Å². The number of pyridine rings is 1. The topological polar surface area (TPSA) is 75.0 Å². The molecule has 1 amide bonds. The number of hydrogen-bond acceptors (Lipinski definition) is 4. The molecule has 0 aliphatic carbocycles. The summed E-state index contributed by atoms with van der Waals surface area (Å²) in [4.78, 5) is 16.3. The van der Waals surface area contributed by atoms with Crippen LogP contribution >= 0.6 is 0 Å². The van der Waals surface area contributed by atoms with Crippen molar-refractivity contribution in [2.45, 2.75) is 0 Å². The highest BCUT2D eigenvalue weighted by Gasteiger charge is 2.09. The highest BCUT2D eigenvalue weighted by Crippen LogP contribution is 2.23. The Labute approximate surface area is 133 Å². The van der Waals surface area contributed by atoms with Gasteiger partial charge >= 0.3 is 0 Å². The van der Waals surface area contributed by atoms with Gasteiger partial charge in [0.25, 0.3) is 5.91 Å². The van der Waals surface area contributed by atoms with Crippen LogP contribution in [0.3, 0.4) is 0 Å². The zero-order valence-electron chi connectivity index (χ0n) is 12.2. The standard InChI is InChI=1S/C18H13N3O2/c19-11-14-5-1-2-8-15(14)21-17(22)12-23-16-9-3-6-13-7-4-10-20-18(13)16/h1-10H,12H2,(H,21,22). The lowest BCUT2D eigenvalue weighted by Gasteiger charge is -2.10. The fourth-order valence-corrected chi connectivity index (χ4v) is 2.21. The van der Waals surface area contributed by atoms with E-state index in [1.54, 1.807) is 36.5 Å². The Morgan fingerprint density at radius 1 is 1.13 bits per heavy atom. The number of carbonyl (C=O) groups is 1. The third kappa shape index (κ3) is 3.27. The highest BCUT2D eigenvalue weighted by molar-refractivity contribution is 5.93. The number of nitriles is 1. The van der Waals surface area contributed by atoms with Crippen molar-refractivity contribution >= 4 is 22.5 Å². The summed E-state index contributed by atoms with van der Waals surface area (Å²) in [7, 11) is 0. The fraction of sp³-hybridized carbons (Fsp3) is 0.0556. The smallest absolute Gasteiger partial charge is 0.262 e. The van der Waals surface area contributed by atoms with E-state index in [1.807, 2.05) is 30.3 Å². The summed E-state index contributed by atoms with van der Waals surface area (Å²) in [5, 5.41) is 12.6. The second kappa shape index (κ2) is 6.58. The van der Waals surface area contributed by atoms with Crippen molar-refractivity contribution in [1.82, 2.24) is 4.98 Å². The molecule has 0 spiro atoms. The van der Waals surface area contributed by atoms with Gasteiger partial charge in [0.1, 0.15) is 17.3 Å². The Kier molecular flexibility index (Phi) is 4.16. The van der Waals surface area contributed by atoms with E-state index in [0.29, 0.717) is 22.5 Å². The van der Waals surface area contributed by atoms with Gasteiger partial charge in [-0.25, -0.2) is 0 Å². The van der Waals surface area contributed by atoms with E-state index in [1.165, 1.54) is 0 Å². The molecule has 1 heterocycles. The van der Waals surface area contributed by atoms with Crippen LogP contribution in [-0.2, 0) is 4.79 Å². The first-order chi connectivity index (χ1) is 11.3. The number of para-hydroxylation sites is 2. The first-order valence-corrected chi connectivity index (χ1v) is 7.03. The van der Waals surface area contributed by atoms with Crippen LogP contribution in [0.2, 0.25) is 0 Å². The SMILES string of the molecule is N#Cc1ccccc1NC(=O)COc1cccc2cccnc12. The average Bonchev–Trinajstić information content (AvgIpc) is 2.60. The maximum Gasteiger partial charge on any atom is 0.262 e. The molecule has 3 aromatic rings. The van der Waals surface area contributed by atoms with Crippen molar-refractivity contribution in [1.29, 1.82) is 5.26 Å². The normalized spacial score (nSPS) is 10.0. The minimum Gasteiger partial charge on any atom is -0.481 e. The first kappa shape index (κ1) is 14.5. The first-order valence-electron chi connectivity index (χ1n) is 7.03. The summed E-state index contributed by atoms with van der Waals surface area (Å²) in [6, 6.07) is 18.2. The van der Waals surface area contributed by atoms with E-state index in [9.17, 15) is 4.79 Å². The number of hydrogen-bond donors (Lipinski definition) is 1. The fourth-order valence-electron chi connectivity index (χ4n) is 2.21. The number of rotatable bonds is 4. The molecule has 3 rings (SSSR count). The van der Waals surface area contributed by atoms with Crippen molar-refractivity contribution in [2.75, 3.05) is 11.9 Å². The average molecular weight is 303 g/mol. The largest absolute Gasteiger partial charge is 0.481 e. The molecule has 0 radical (unpaired) electrons. The van der Waals surface area contributed by atoms with E-state index < -0.39 is 0 Å². The van der Waals surface area contributed by atoms with Gasteiger partial charge in [-0.15, -0.1) is 0 Å². The van der Waals surface area contributed by atoms with Crippen LogP contribution < -0.4 is 10.1 Å². The molecule has 112 valence electrons. The predicted octanol–water partition coefficient (Wildman–Crippen LogP) is 3.12. The predicted molar refractivity (Wildman–Crippen MR) is 87.0 cm³/mol. The number of benzene rings is 2. The van der Waals surface area contributed by atoms with Crippen molar-refractivity contribution < 1.29 is 9.53 Å². The van der Waals surface area contributed by atoms with Crippen LogP contribution in [0.4, 0.5) is 5.69 Å². The Morgan fingerprint density at radius 3 is 2.83 bits per heavy atom. The molecule has 0 fully saturated rings. The summed E-state index contributed by atoms with van der Waals surface area (Å²) in [6.45, 7) is -0.157. The van der Waals surface area contributed by atoms with E-state index in [4.69, 9.17) is 10.00 Å². The van der Waals surface area contributed by atoms with Gasteiger partial charge in [0.15, 0.2) is 6.61 Å². The van der Waals surface area contributed by atoms with Gasteiger partial charge in [-0.2, -0.15) is 5.26 Å². The molecule has 5 nitrogen and oxygen atoms in total. The molecule has 2 aromatic carbocycles. The Balaban J connectivity index is 1.70. The Hall–Kier alpha value is -3.39. The monoisotopic (exact) mass is 303 g/mol. The molecular formula is C18H13N3O2. The minimum absolute atomic E-state index is 0.157. The van der Waals surface area contributed by atoms with Gasteiger partial charge in [-0.05, 0) is 24.3 Å². The Bertz CT molecular complexity index is 895. The number of anilines is 1. The van der Waals surface area contributed by atoms with Gasteiger partial charge in [0, 0.05) is 11.6 Å². The second-order valence-corrected chi connectivity index (χ2v) is 4.83. The lowest BCUT2D eigenvalue weighted by molar-refractivity contribution is -0.118. The number of aromatic nitrogens is 1. The van der Waals surface area contributed by atoms with Crippen LogP contribution in [0.25, 0.3) is 10.9 Å². The van der Waals surface area contributed by atoms with Crippen molar-refractivity contribution in [3.05, 3.63) is 66.4 Å². The number of carbonyl (C=O) groups excluding carboxylic acids is 1. The number of nitrogens with one attached hydrogen (secondary N) is 1. The van der Waals surface area contributed by atoms with E-state index in [-0.39, 0.29) is 12.5 Å². The van der Waals surface area contributed by atoms with Crippen molar-refractivity contribution in [3.63, 3.8) is 0 Å². The lowest BCUT2D eigenvalue weighted by atomic mass is 10.2. The number of nitrogens with zero attached hydrogens (tertiary/aromatic N) is 2. The third-order valence-corrected chi connectivity index (χ3v) is 3.28. The maximum atomic E-state index is 12.0. The number of amides is 1. The summed E-state index contributed by atoms with van der Waals surface area (Å²) < 4.78 is 5.57. The molecule has 1 N–H and O–H groups in total. The quantitative estimate of drug-likeness (QED) is 0.803. The van der Waals surface area contributed by atoms with Gasteiger partial charge in [0.2, 0.25) is 0 Å². The number of fused-ring (bicyclic) bond motifs is 1. The molecule has 1 aromatic heterocycles. The molecule has 23 heavy (non-hydrogen) atoms. The van der Waals surface area contributed by atoms with Crippen molar-refractivity contribution in [2.24, 2.45) is 0 Å². The van der Waals surface area contributed by atoms with Crippen LogP contribution in [0.15, 0.2) is 60.8 Å². The van der Waals surface area contributed by atoms with Crippen LogP contribution in [0.5, 0.6) is 5.75 Å². The Morgan fingerprint density at radius 2 is 1.96 bits per heavy atom. The van der Waals surface area contributed by atoms with Crippen molar-refractivity contribution in [3.8, 4) is 11.8 Å². The zero-order chi connectivity index (χ0) is 16.1. The van der Waals surface area contributed by atoms with Gasteiger partial charge < -0.3 is 10.1 Å². The molecular weight excluding hydrogens is 290 g/mol. The maximum absolute atomic E-state index is 12.0. The van der Waals surface area contributed by atoms with Crippen LogP contribution in [0.1, 0.15) is 5.56 Å².